The van der Waals surface area contributed by atoms with Crippen molar-refractivity contribution < 1.29 is 35.9 Å². The number of carbonyl (C=O) groups is 2. The van der Waals surface area contributed by atoms with Gasteiger partial charge in [0.05, 0.1) is 17.4 Å². The number of sulfonamides is 1. The number of hydrogen-bond acceptors (Lipinski definition) is 5. The first-order chi connectivity index (χ1) is 13.0. The van der Waals surface area contributed by atoms with Gasteiger partial charge in [0.15, 0.2) is 6.61 Å². The molecule has 0 aromatic heterocycles. The summed E-state index contributed by atoms with van der Waals surface area (Å²) >= 11 is 0. The number of anilines is 1. The van der Waals surface area contributed by atoms with Crippen LogP contribution in [-0.4, -0.2) is 33.1 Å². The van der Waals surface area contributed by atoms with Gasteiger partial charge < -0.3 is 10.1 Å². The van der Waals surface area contributed by atoms with Crippen LogP contribution in [0.2, 0.25) is 0 Å². The molecule has 0 heterocycles. The highest BCUT2D eigenvalue weighted by molar-refractivity contribution is 7.89. The number of amides is 2. The summed E-state index contributed by atoms with van der Waals surface area (Å²) in [5.41, 5.74) is -1.12. The van der Waals surface area contributed by atoms with Crippen LogP contribution in [0.4, 0.5) is 18.9 Å². The number of hydrogen-bond donors (Lipinski definition) is 2. The van der Waals surface area contributed by atoms with E-state index in [2.05, 4.69) is 5.32 Å². The van der Waals surface area contributed by atoms with Crippen molar-refractivity contribution in [2.45, 2.75) is 6.18 Å². The van der Waals surface area contributed by atoms with Crippen LogP contribution < -0.4 is 14.8 Å². The Hall–Kier alpha value is -3.08. The molecule has 0 bridgehead atoms. The first-order valence-electron chi connectivity index (χ1n) is 7.67. The molecule has 0 atom stereocenters. The molecule has 2 N–H and O–H groups in total. The topological polar surface area (TPSA) is 102 Å². The molecule has 0 aliphatic heterocycles. The standard InChI is InChI=1S/C17H15F3N2O5S/c1-28(25,26)22-16(24)13-7-2-3-8-14(13)27-10-15(23)21-12-6-4-5-11(9-12)17(18,19)20/h2-9H,10H2,1H3,(H,21,23)(H,22,24). The van der Waals surface area contributed by atoms with Crippen LogP contribution >= 0.6 is 0 Å². The molecule has 7 nitrogen and oxygen atoms in total. The minimum absolute atomic E-state index is 0.0668. The Kier molecular flexibility index (Phi) is 6.29. The van der Waals surface area contributed by atoms with Crippen molar-refractivity contribution in [3.05, 3.63) is 59.7 Å². The zero-order valence-electron chi connectivity index (χ0n) is 14.4. The van der Waals surface area contributed by atoms with Crippen LogP contribution in [0.5, 0.6) is 5.75 Å². The van der Waals surface area contributed by atoms with E-state index in [1.54, 1.807) is 4.72 Å². The number of halogens is 3. The van der Waals surface area contributed by atoms with E-state index < -0.39 is 40.2 Å². The van der Waals surface area contributed by atoms with Crippen LogP contribution in [0.3, 0.4) is 0 Å². The average Bonchev–Trinajstić information content (AvgIpc) is 2.58. The highest BCUT2D eigenvalue weighted by Gasteiger charge is 2.30. The van der Waals surface area contributed by atoms with E-state index in [0.717, 1.165) is 24.5 Å². The van der Waals surface area contributed by atoms with Crippen molar-refractivity contribution in [1.82, 2.24) is 4.72 Å². The Bertz CT molecular complexity index is 990. The normalized spacial score (nSPS) is 11.6. The van der Waals surface area contributed by atoms with Crippen molar-refractivity contribution >= 4 is 27.5 Å². The monoisotopic (exact) mass is 416 g/mol. The Labute approximate surface area is 158 Å². The van der Waals surface area contributed by atoms with Crippen LogP contribution in [0.1, 0.15) is 15.9 Å². The molecule has 0 spiro atoms. The minimum atomic E-state index is -4.55. The third-order valence-electron chi connectivity index (χ3n) is 3.24. The molecular weight excluding hydrogens is 401 g/mol. The molecule has 2 aromatic rings. The maximum absolute atomic E-state index is 12.7. The zero-order chi connectivity index (χ0) is 20.9. The van der Waals surface area contributed by atoms with Crippen molar-refractivity contribution in [2.75, 3.05) is 18.2 Å². The molecule has 2 rings (SSSR count). The third-order valence-corrected chi connectivity index (χ3v) is 3.80. The zero-order valence-corrected chi connectivity index (χ0v) is 15.2. The van der Waals surface area contributed by atoms with Gasteiger partial charge in [-0.2, -0.15) is 13.2 Å². The van der Waals surface area contributed by atoms with Crippen LogP contribution in [0.15, 0.2) is 48.5 Å². The predicted molar refractivity (Wildman–Crippen MR) is 94.3 cm³/mol. The van der Waals surface area contributed by atoms with Gasteiger partial charge in [0.1, 0.15) is 5.75 Å². The summed E-state index contributed by atoms with van der Waals surface area (Å²) < 4.78 is 67.4. The van der Waals surface area contributed by atoms with Crippen molar-refractivity contribution in [1.29, 1.82) is 0 Å². The lowest BCUT2D eigenvalue weighted by Crippen LogP contribution is -2.30. The smallest absolute Gasteiger partial charge is 0.416 e. The van der Waals surface area contributed by atoms with E-state index in [1.165, 1.54) is 30.3 Å². The van der Waals surface area contributed by atoms with Crippen LogP contribution in [0.25, 0.3) is 0 Å². The van der Waals surface area contributed by atoms with Gasteiger partial charge in [-0.15, -0.1) is 0 Å². The van der Waals surface area contributed by atoms with E-state index in [1.807, 2.05) is 0 Å². The van der Waals surface area contributed by atoms with E-state index in [-0.39, 0.29) is 17.0 Å². The highest BCUT2D eigenvalue weighted by Crippen LogP contribution is 2.30. The van der Waals surface area contributed by atoms with Gasteiger partial charge in [-0.05, 0) is 30.3 Å². The molecular formula is C17H15F3N2O5S. The fraction of sp³-hybridized carbons (Fsp3) is 0.176. The molecule has 0 radical (unpaired) electrons. The molecule has 150 valence electrons. The van der Waals surface area contributed by atoms with Gasteiger partial charge in [-0.25, -0.2) is 13.1 Å². The quantitative estimate of drug-likeness (QED) is 0.753. The van der Waals surface area contributed by atoms with Crippen LogP contribution in [-0.2, 0) is 21.0 Å². The number of benzene rings is 2. The summed E-state index contributed by atoms with van der Waals surface area (Å²) in [6, 6.07) is 9.65. The van der Waals surface area contributed by atoms with Crippen molar-refractivity contribution in [3.8, 4) is 5.75 Å². The van der Waals surface area contributed by atoms with Gasteiger partial charge >= 0.3 is 6.18 Å². The lowest BCUT2D eigenvalue weighted by Gasteiger charge is -2.12. The van der Waals surface area contributed by atoms with E-state index in [9.17, 15) is 31.2 Å². The van der Waals surface area contributed by atoms with Gasteiger partial charge in [-0.1, -0.05) is 18.2 Å². The Morgan fingerprint density at radius 3 is 2.39 bits per heavy atom. The number of carbonyl (C=O) groups excluding carboxylic acids is 2. The Morgan fingerprint density at radius 1 is 1.07 bits per heavy atom. The van der Waals surface area contributed by atoms with E-state index in [4.69, 9.17) is 4.74 Å². The SMILES string of the molecule is CS(=O)(=O)NC(=O)c1ccccc1OCC(=O)Nc1cccc(C(F)(F)F)c1. The van der Waals surface area contributed by atoms with Gasteiger partial charge in [0.25, 0.3) is 11.8 Å². The fourth-order valence-electron chi connectivity index (χ4n) is 2.12. The summed E-state index contributed by atoms with van der Waals surface area (Å²) in [6.45, 7) is -0.612. The molecule has 0 unspecified atom stereocenters. The van der Waals surface area contributed by atoms with Gasteiger partial charge in [0, 0.05) is 5.69 Å². The lowest BCUT2D eigenvalue weighted by atomic mass is 10.2. The second kappa shape index (κ2) is 8.30. The largest absolute Gasteiger partial charge is 0.483 e. The average molecular weight is 416 g/mol. The maximum Gasteiger partial charge on any atom is 0.416 e. The Balaban J connectivity index is 2.05. The molecule has 28 heavy (non-hydrogen) atoms. The van der Waals surface area contributed by atoms with Gasteiger partial charge in [0.2, 0.25) is 10.0 Å². The second-order valence-corrected chi connectivity index (χ2v) is 7.36. The molecule has 2 amide bonds. The van der Waals surface area contributed by atoms with Crippen molar-refractivity contribution in [2.24, 2.45) is 0 Å². The summed E-state index contributed by atoms with van der Waals surface area (Å²) in [5, 5.41) is 2.25. The molecule has 0 aliphatic rings. The first kappa shape index (κ1) is 21.2. The van der Waals surface area contributed by atoms with Gasteiger partial charge in [-0.3, -0.25) is 9.59 Å². The predicted octanol–water partition coefficient (Wildman–Crippen LogP) is 2.41. The fourth-order valence-corrected chi connectivity index (χ4v) is 2.56. The first-order valence-corrected chi connectivity index (χ1v) is 9.56. The maximum atomic E-state index is 12.7. The number of para-hydroxylation sites is 1. The minimum Gasteiger partial charge on any atom is -0.483 e. The van der Waals surface area contributed by atoms with Crippen molar-refractivity contribution in [3.63, 3.8) is 0 Å². The molecule has 11 heteroatoms. The number of rotatable bonds is 6. The molecule has 2 aromatic carbocycles. The Morgan fingerprint density at radius 2 is 1.75 bits per heavy atom. The summed E-state index contributed by atoms with van der Waals surface area (Å²) in [7, 11) is -3.80. The third kappa shape index (κ3) is 6.27. The van der Waals surface area contributed by atoms with E-state index >= 15 is 0 Å². The second-order valence-electron chi connectivity index (χ2n) is 5.61. The number of nitrogens with one attached hydrogen (secondary N) is 2. The highest BCUT2D eigenvalue weighted by atomic mass is 32.2. The molecule has 0 saturated heterocycles. The summed E-state index contributed by atoms with van der Waals surface area (Å²) in [4.78, 5) is 23.9. The lowest BCUT2D eigenvalue weighted by molar-refractivity contribution is -0.137. The van der Waals surface area contributed by atoms with Crippen LogP contribution in [0, 0.1) is 0 Å². The van der Waals surface area contributed by atoms with E-state index in [0.29, 0.717) is 0 Å². The molecule has 0 saturated carbocycles. The number of alkyl halides is 3. The summed E-state index contributed by atoms with van der Waals surface area (Å²) in [5.74, 6) is -1.78. The molecule has 0 aliphatic carbocycles. The number of ether oxygens (including phenoxy) is 1. The summed E-state index contributed by atoms with van der Waals surface area (Å²) in [6.07, 6.45) is -3.75. The molecule has 0 fully saturated rings.